The van der Waals surface area contributed by atoms with Crippen LogP contribution in [0.15, 0.2) is 12.1 Å². The van der Waals surface area contributed by atoms with Gasteiger partial charge in [-0.1, -0.05) is 11.6 Å². The fourth-order valence-corrected chi connectivity index (χ4v) is 2.19. The monoisotopic (exact) mass is 300 g/mol. The third-order valence-corrected chi connectivity index (χ3v) is 3.29. The van der Waals surface area contributed by atoms with Crippen molar-refractivity contribution in [2.75, 3.05) is 44.7 Å². The summed E-state index contributed by atoms with van der Waals surface area (Å²) in [7, 11) is 0. The highest BCUT2D eigenvalue weighted by molar-refractivity contribution is 6.29. The highest BCUT2D eigenvalue weighted by atomic mass is 35.5. The molecule has 0 saturated carbocycles. The number of hydrogen-bond acceptors (Lipinski definition) is 6. The van der Waals surface area contributed by atoms with Crippen molar-refractivity contribution < 1.29 is 9.66 Å². The zero-order valence-electron chi connectivity index (χ0n) is 11.0. The molecule has 1 N–H and O–H groups in total. The topological polar surface area (TPSA) is 80.5 Å². The lowest BCUT2D eigenvalue weighted by atomic mass is 10.3. The number of morpholine rings is 1. The van der Waals surface area contributed by atoms with E-state index in [0.29, 0.717) is 6.54 Å². The molecule has 8 heteroatoms. The molecule has 1 aliphatic heterocycles. The van der Waals surface area contributed by atoms with Gasteiger partial charge in [0.15, 0.2) is 0 Å². The van der Waals surface area contributed by atoms with Crippen molar-refractivity contribution in [3.63, 3.8) is 0 Å². The number of anilines is 1. The van der Waals surface area contributed by atoms with E-state index in [1.807, 2.05) is 0 Å². The number of nitrogens with one attached hydrogen (secondary N) is 1. The molecule has 1 aromatic rings. The highest BCUT2D eigenvalue weighted by Crippen LogP contribution is 2.23. The van der Waals surface area contributed by atoms with E-state index >= 15 is 0 Å². The number of pyridine rings is 1. The first kappa shape index (κ1) is 15.0. The summed E-state index contributed by atoms with van der Waals surface area (Å²) in [6.07, 6.45) is 0.880. The number of rotatable bonds is 6. The maximum atomic E-state index is 10.9. The molecule has 1 aliphatic rings. The second-order valence-electron chi connectivity index (χ2n) is 4.49. The highest BCUT2D eigenvalue weighted by Gasteiger charge is 2.15. The second kappa shape index (κ2) is 7.37. The van der Waals surface area contributed by atoms with E-state index in [-0.39, 0.29) is 16.7 Å². The Kier molecular flexibility index (Phi) is 5.51. The molecule has 1 saturated heterocycles. The summed E-state index contributed by atoms with van der Waals surface area (Å²) < 4.78 is 5.27. The third kappa shape index (κ3) is 4.29. The van der Waals surface area contributed by atoms with Gasteiger partial charge in [-0.25, -0.2) is 4.98 Å². The molecule has 7 nitrogen and oxygen atoms in total. The quantitative estimate of drug-likeness (QED) is 0.373. The minimum atomic E-state index is -0.465. The van der Waals surface area contributed by atoms with Gasteiger partial charge in [0.1, 0.15) is 5.15 Å². The van der Waals surface area contributed by atoms with Gasteiger partial charge in [0.2, 0.25) is 5.82 Å². The van der Waals surface area contributed by atoms with E-state index in [9.17, 15) is 10.1 Å². The summed E-state index contributed by atoms with van der Waals surface area (Å²) in [5, 5.41) is 14.1. The van der Waals surface area contributed by atoms with Gasteiger partial charge in [0.25, 0.3) is 0 Å². The van der Waals surface area contributed by atoms with Gasteiger partial charge in [-0.3, -0.25) is 15.0 Å². The maximum Gasteiger partial charge on any atom is 0.311 e. The zero-order chi connectivity index (χ0) is 14.4. The van der Waals surface area contributed by atoms with Gasteiger partial charge in [0, 0.05) is 25.7 Å². The van der Waals surface area contributed by atoms with Crippen molar-refractivity contribution in [1.82, 2.24) is 9.88 Å². The van der Waals surface area contributed by atoms with Crippen molar-refractivity contribution in [1.29, 1.82) is 0 Å². The summed E-state index contributed by atoms with van der Waals surface area (Å²) in [5.41, 5.74) is -0.0548. The van der Waals surface area contributed by atoms with Crippen LogP contribution < -0.4 is 5.32 Å². The summed E-state index contributed by atoms with van der Waals surface area (Å²) in [6.45, 7) is 4.98. The Morgan fingerprint density at radius 2 is 2.20 bits per heavy atom. The molecule has 110 valence electrons. The van der Waals surface area contributed by atoms with Crippen LogP contribution in [0.2, 0.25) is 5.15 Å². The smallest absolute Gasteiger partial charge is 0.311 e. The summed E-state index contributed by atoms with van der Waals surface area (Å²) in [5.74, 6) is 0.226. The fraction of sp³-hybridized carbons (Fsp3) is 0.583. The predicted molar refractivity (Wildman–Crippen MR) is 76.3 cm³/mol. The van der Waals surface area contributed by atoms with E-state index in [4.69, 9.17) is 16.3 Å². The molecule has 0 amide bonds. The van der Waals surface area contributed by atoms with Crippen LogP contribution in [-0.4, -0.2) is 54.2 Å². The first-order valence-corrected chi connectivity index (χ1v) is 6.89. The van der Waals surface area contributed by atoms with Gasteiger partial charge in [-0.2, -0.15) is 0 Å². The molecule has 0 radical (unpaired) electrons. The molecular weight excluding hydrogens is 284 g/mol. The van der Waals surface area contributed by atoms with Gasteiger partial charge in [0.05, 0.1) is 18.1 Å². The van der Waals surface area contributed by atoms with Crippen LogP contribution in [0.3, 0.4) is 0 Å². The van der Waals surface area contributed by atoms with Crippen molar-refractivity contribution in [2.24, 2.45) is 0 Å². The van der Waals surface area contributed by atoms with E-state index in [0.717, 1.165) is 39.3 Å². The minimum Gasteiger partial charge on any atom is -0.379 e. The Labute approximate surface area is 122 Å². The van der Waals surface area contributed by atoms with Gasteiger partial charge in [-0.05, 0) is 19.0 Å². The molecule has 2 rings (SSSR count). The number of aromatic nitrogens is 1. The first-order chi connectivity index (χ1) is 9.66. The normalized spacial score (nSPS) is 16.1. The molecular formula is C12H17ClN4O3. The molecule has 20 heavy (non-hydrogen) atoms. The lowest BCUT2D eigenvalue weighted by Gasteiger charge is -2.26. The molecule has 0 aliphatic carbocycles. The summed E-state index contributed by atoms with van der Waals surface area (Å²) >= 11 is 5.76. The average molecular weight is 301 g/mol. The summed E-state index contributed by atoms with van der Waals surface area (Å²) in [4.78, 5) is 16.7. The minimum absolute atomic E-state index is 0.0548. The Morgan fingerprint density at radius 3 is 2.90 bits per heavy atom. The fourth-order valence-electron chi connectivity index (χ4n) is 2.04. The number of nitrogens with zero attached hydrogens (tertiary/aromatic N) is 3. The van der Waals surface area contributed by atoms with Crippen molar-refractivity contribution in [3.8, 4) is 0 Å². The largest absolute Gasteiger partial charge is 0.379 e. The van der Waals surface area contributed by atoms with Crippen LogP contribution in [-0.2, 0) is 4.74 Å². The number of nitro groups is 1. The van der Waals surface area contributed by atoms with Gasteiger partial charge in [-0.15, -0.1) is 0 Å². The van der Waals surface area contributed by atoms with E-state index < -0.39 is 4.92 Å². The molecule has 0 spiro atoms. The predicted octanol–water partition coefficient (Wildman–Crippen LogP) is 1.78. The number of halogens is 1. The first-order valence-electron chi connectivity index (χ1n) is 6.52. The van der Waals surface area contributed by atoms with E-state index in [1.54, 1.807) is 0 Å². The Morgan fingerprint density at radius 1 is 1.45 bits per heavy atom. The molecule has 1 fully saturated rings. The number of hydrogen-bond donors (Lipinski definition) is 1. The standard InChI is InChI=1S/C12H17ClN4O3/c13-11-3-2-10(17(18)19)12(15-11)14-4-1-5-16-6-8-20-9-7-16/h2-3H,1,4-9H2,(H,14,15). The number of ether oxygens (including phenoxy) is 1. The Hall–Kier alpha value is -1.44. The molecule has 0 bridgehead atoms. The SMILES string of the molecule is O=[N+]([O-])c1ccc(Cl)nc1NCCCN1CCOCC1. The molecule has 0 unspecified atom stereocenters. The lowest BCUT2D eigenvalue weighted by Crippen LogP contribution is -2.37. The van der Waals surface area contributed by atoms with Gasteiger partial charge < -0.3 is 10.1 Å². The zero-order valence-corrected chi connectivity index (χ0v) is 11.8. The van der Waals surface area contributed by atoms with Crippen LogP contribution in [0.5, 0.6) is 0 Å². The van der Waals surface area contributed by atoms with Crippen molar-refractivity contribution in [2.45, 2.75) is 6.42 Å². The van der Waals surface area contributed by atoms with Crippen LogP contribution in [0.25, 0.3) is 0 Å². The molecule has 0 atom stereocenters. The average Bonchev–Trinajstić information content (AvgIpc) is 2.44. The lowest BCUT2D eigenvalue weighted by molar-refractivity contribution is -0.384. The molecule has 1 aromatic heterocycles. The Balaban J connectivity index is 1.81. The molecule has 2 heterocycles. The van der Waals surface area contributed by atoms with E-state index in [1.165, 1.54) is 12.1 Å². The van der Waals surface area contributed by atoms with Crippen LogP contribution in [0, 0.1) is 10.1 Å². The van der Waals surface area contributed by atoms with Gasteiger partial charge >= 0.3 is 5.69 Å². The van der Waals surface area contributed by atoms with Crippen LogP contribution in [0.1, 0.15) is 6.42 Å². The molecule has 0 aromatic carbocycles. The van der Waals surface area contributed by atoms with Crippen LogP contribution >= 0.6 is 11.6 Å². The maximum absolute atomic E-state index is 10.9. The second-order valence-corrected chi connectivity index (χ2v) is 4.88. The third-order valence-electron chi connectivity index (χ3n) is 3.08. The van der Waals surface area contributed by atoms with Crippen molar-refractivity contribution in [3.05, 3.63) is 27.4 Å². The van der Waals surface area contributed by atoms with Crippen LogP contribution in [0.4, 0.5) is 11.5 Å². The van der Waals surface area contributed by atoms with E-state index in [2.05, 4.69) is 15.2 Å². The summed E-state index contributed by atoms with van der Waals surface area (Å²) in [6, 6.07) is 2.78. The van der Waals surface area contributed by atoms with Crippen molar-refractivity contribution >= 4 is 23.1 Å². The Bertz CT molecular complexity index is 466.